The Morgan fingerprint density at radius 3 is 2.42 bits per heavy atom. The first-order chi connectivity index (χ1) is 9.16. The second-order valence-electron chi connectivity index (χ2n) is 4.86. The lowest BCUT2D eigenvalue weighted by Crippen LogP contribution is -2.27. The highest BCUT2D eigenvalue weighted by Crippen LogP contribution is 2.08. The molecule has 0 atom stereocenters. The van der Waals surface area contributed by atoms with E-state index in [1.54, 1.807) is 12.1 Å². The monoisotopic (exact) mass is 265 g/mol. The summed E-state index contributed by atoms with van der Waals surface area (Å²) in [4.78, 5) is 22.6. The second-order valence-corrected chi connectivity index (χ2v) is 4.86. The first-order valence-electron chi connectivity index (χ1n) is 7.10. The molecule has 0 aliphatic carbocycles. The van der Waals surface area contributed by atoms with Crippen LogP contribution in [-0.2, 0) is 6.42 Å². The number of hydrogen-bond acceptors (Lipinski definition) is 2. The Hall–Kier alpha value is -1.58. The van der Waals surface area contributed by atoms with E-state index >= 15 is 0 Å². The van der Waals surface area contributed by atoms with Gasteiger partial charge in [-0.15, -0.1) is 0 Å². The third-order valence-corrected chi connectivity index (χ3v) is 3.28. The van der Waals surface area contributed by atoms with Crippen LogP contribution in [0.15, 0.2) is 23.1 Å². The minimum absolute atomic E-state index is 0.402. The molecular formula is C15H23NO3. The fourth-order valence-corrected chi connectivity index (χ4v) is 2.15. The fourth-order valence-electron chi connectivity index (χ4n) is 2.15. The van der Waals surface area contributed by atoms with Crippen molar-refractivity contribution in [2.45, 2.75) is 58.3 Å². The van der Waals surface area contributed by atoms with Crippen molar-refractivity contribution in [2.24, 2.45) is 0 Å². The second kappa shape index (κ2) is 8.51. The number of unbranched alkanes of at least 4 members (excludes halogenated alkanes) is 6. The summed E-state index contributed by atoms with van der Waals surface area (Å²) in [6, 6.07) is 3.34. The topological polar surface area (TPSA) is 59.3 Å². The maximum absolute atomic E-state index is 11.8. The molecule has 0 saturated heterocycles. The van der Waals surface area contributed by atoms with Crippen molar-refractivity contribution in [1.82, 2.24) is 4.57 Å². The molecule has 1 aromatic rings. The van der Waals surface area contributed by atoms with Crippen molar-refractivity contribution >= 4 is 6.09 Å². The molecule has 0 radical (unpaired) electrons. The third-order valence-electron chi connectivity index (χ3n) is 3.28. The predicted octanol–water partition coefficient (Wildman–Crippen LogP) is 3.67. The highest BCUT2D eigenvalue weighted by atomic mass is 16.4. The van der Waals surface area contributed by atoms with Crippen LogP contribution in [0.25, 0.3) is 0 Å². The first-order valence-corrected chi connectivity index (χ1v) is 7.10. The summed E-state index contributed by atoms with van der Waals surface area (Å²) in [5, 5.41) is 8.85. The molecule has 0 aliphatic rings. The summed E-state index contributed by atoms with van der Waals surface area (Å²) in [6.45, 7) is 2.20. The Balaban J connectivity index is 2.36. The highest BCUT2D eigenvalue weighted by molar-refractivity contribution is 5.67. The van der Waals surface area contributed by atoms with Crippen LogP contribution >= 0.6 is 0 Å². The minimum Gasteiger partial charge on any atom is -0.464 e. The summed E-state index contributed by atoms with van der Waals surface area (Å²) >= 11 is 0. The van der Waals surface area contributed by atoms with Crippen LogP contribution in [-0.4, -0.2) is 15.8 Å². The van der Waals surface area contributed by atoms with Gasteiger partial charge in [-0.05, 0) is 18.9 Å². The van der Waals surface area contributed by atoms with Gasteiger partial charge in [0.1, 0.15) is 0 Å². The molecule has 1 heterocycles. The van der Waals surface area contributed by atoms with E-state index in [2.05, 4.69) is 6.92 Å². The van der Waals surface area contributed by atoms with Gasteiger partial charge in [-0.25, -0.2) is 9.36 Å². The smallest absolute Gasteiger partial charge is 0.418 e. The molecule has 0 aromatic carbocycles. The van der Waals surface area contributed by atoms with Crippen LogP contribution in [0.5, 0.6) is 0 Å². The molecule has 4 heteroatoms. The summed E-state index contributed by atoms with van der Waals surface area (Å²) in [6.07, 6.45) is 9.07. The zero-order valence-corrected chi connectivity index (χ0v) is 11.6. The molecule has 19 heavy (non-hydrogen) atoms. The average Bonchev–Trinajstić information content (AvgIpc) is 2.39. The number of aromatic nitrogens is 1. The van der Waals surface area contributed by atoms with Crippen LogP contribution in [0.3, 0.4) is 0 Å². The number of carbonyl (C=O) groups is 1. The van der Waals surface area contributed by atoms with E-state index < -0.39 is 11.7 Å². The van der Waals surface area contributed by atoms with E-state index in [0.717, 1.165) is 17.4 Å². The maximum Gasteiger partial charge on any atom is 0.418 e. The van der Waals surface area contributed by atoms with Crippen LogP contribution < -0.4 is 5.56 Å². The maximum atomic E-state index is 11.8. The standard InChI is InChI=1S/C15H23NO3/c1-2-3-4-5-6-7-8-10-13-11-9-12-16(14(13)17)15(18)19/h9,11-12H,2-8,10H2,1H3,(H,18,19). The van der Waals surface area contributed by atoms with Crippen LogP contribution in [0.1, 0.15) is 57.4 Å². The number of nitrogens with zero attached hydrogens (tertiary/aromatic N) is 1. The van der Waals surface area contributed by atoms with Gasteiger partial charge in [-0.3, -0.25) is 4.79 Å². The zero-order valence-electron chi connectivity index (χ0n) is 11.6. The van der Waals surface area contributed by atoms with Crippen LogP contribution in [0.4, 0.5) is 4.79 Å². The Labute approximate surface area is 114 Å². The van der Waals surface area contributed by atoms with E-state index in [-0.39, 0.29) is 0 Å². The Bertz CT molecular complexity index is 451. The number of hydrogen-bond donors (Lipinski definition) is 1. The quantitative estimate of drug-likeness (QED) is 0.729. The summed E-state index contributed by atoms with van der Waals surface area (Å²) in [5.74, 6) is 0. The highest BCUT2D eigenvalue weighted by Gasteiger charge is 2.07. The van der Waals surface area contributed by atoms with E-state index in [9.17, 15) is 9.59 Å². The molecular weight excluding hydrogens is 242 g/mol. The number of pyridine rings is 1. The molecule has 1 rings (SSSR count). The van der Waals surface area contributed by atoms with Gasteiger partial charge >= 0.3 is 6.09 Å². The Morgan fingerprint density at radius 2 is 1.79 bits per heavy atom. The van der Waals surface area contributed by atoms with E-state index in [1.165, 1.54) is 38.3 Å². The van der Waals surface area contributed by atoms with Gasteiger partial charge in [0, 0.05) is 11.8 Å². The third kappa shape index (κ3) is 5.28. The van der Waals surface area contributed by atoms with Gasteiger partial charge < -0.3 is 5.11 Å². The van der Waals surface area contributed by atoms with Gasteiger partial charge in [0.05, 0.1) is 0 Å². The molecule has 0 spiro atoms. The summed E-state index contributed by atoms with van der Waals surface area (Å²) < 4.78 is 0.747. The molecule has 0 aliphatic heterocycles. The largest absolute Gasteiger partial charge is 0.464 e. The molecule has 0 saturated carbocycles. The molecule has 4 nitrogen and oxygen atoms in total. The lowest BCUT2D eigenvalue weighted by molar-refractivity contribution is 0.195. The van der Waals surface area contributed by atoms with Crippen LogP contribution in [0.2, 0.25) is 0 Å². The van der Waals surface area contributed by atoms with Crippen LogP contribution in [0, 0.1) is 0 Å². The molecule has 1 N–H and O–H groups in total. The lowest BCUT2D eigenvalue weighted by Gasteiger charge is -2.04. The molecule has 0 fully saturated rings. The van der Waals surface area contributed by atoms with Crippen molar-refractivity contribution in [3.05, 3.63) is 34.2 Å². The molecule has 0 unspecified atom stereocenters. The van der Waals surface area contributed by atoms with Crippen molar-refractivity contribution in [1.29, 1.82) is 0 Å². The van der Waals surface area contributed by atoms with Crippen molar-refractivity contribution in [3.8, 4) is 0 Å². The summed E-state index contributed by atoms with van der Waals surface area (Å²) in [5.41, 5.74) is 0.194. The van der Waals surface area contributed by atoms with Crippen molar-refractivity contribution in [2.75, 3.05) is 0 Å². The van der Waals surface area contributed by atoms with Gasteiger partial charge in [-0.1, -0.05) is 51.5 Å². The normalized spacial score (nSPS) is 10.6. The Kier molecular flexibility index (Phi) is 6.93. The van der Waals surface area contributed by atoms with Crippen molar-refractivity contribution < 1.29 is 9.90 Å². The molecule has 1 aromatic heterocycles. The number of aryl methyl sites for hydroxylation is 1. The Morgan fingerprint density at radius 1 is 1.16 bits per heavy atom. The lowest BCUT2D eigenvalue weighted by atomic mass is 10.1. The summed E-state index contributed by atoms with van der Waals surface area (Å²) in [7, 11) is 0. The fraction of sp³-hybridized carbons (Fsp3) is 0.600. The minimum atomic E-state index is -1.22. The predicted molar refractivity (Wildman–Crippen MR) is 75.8 cm³/mol. The molecule has 106 valence electrons. The average molecular weight is 265 g/mol. The molecule has 0 bridgehead atoms. The zero-order chi connectivity index (χ0) is 14.1. The SMILES string of the molecule is CCCCCCCCCc1cccn(C(=O)O)c1=O. The first kappa shape index (κ1) is 15.5. The van der Waals surface area contributed by atoms with E-state index in [4.69, 9.17) is 5.11 Å². The van der Waals surface area contributed by atoms with Crippen molar-refractivity contribution in [3.63, 3.8) is 0 Å². The number of carboxylic acid groups (broad SMARTS) is 1. The van der Waals surface area contributed by atoms with Gasteiger partial charge in [0.15, 0.2) is 0 Å². The van der Waals surface area contributed by atoms with Gasteiger partial charge in [-0.2, -0.15) is 0 Å². The molecule has 0 amide bonds. The van der Waals surface area contributed by atoms with Gasteiger partial charge in [0.25, 0.3) is 5.56 Å². The number of rotatable bonds is 8. The van der Waals surface area contributed by atoms with E-state index in [1.807, 2.05) is 0 Å². The van der Waals surface area contributed by atoms with Gasteiger partial charge in [0.2, 0.25) is 0 Å². The van der Waals surface area contributed by atoms with E-state index in [0.29, 0.717) is 12.0 Å².